The van der Waals surface area contributed by atoms with Gasteiger partial charge in [0.05, 0.1) is 11.4 Å². The Bertz CT molecular complexity index is 529. The second kappa shape index (κ2) is 6.07. The van der Waals surface area contributed by atoms with Crippen LogP contribution in [0.3, 0.4) is 0 Å². The van der Waals surface area contributed by atoms with E-state index in [9.17, 15) is 8.42 Å². The van der Waals surface area contributed by atoms with E-state index in [2.05, 4.69) is 22.6 Å². The van der Waals surface area contributed by atoms with Crippen molar-refractivity contribution in [2.75, 3.05) is 6.61 Å². The summed E-state index contributed by atoms with van der Waals surface area (Å²) >= 11 is 2.26. The first-order chi connectivity index (χ1) is 8.88. The van der Waals surface area contributed by atoms with Crippen molar-refractivity contribution in [3.05, 3.63) is 33.4 Å². The summed E-state index contributed by atoms with van der Waals surface area (Å²) in [5.41, 5.74) is 1.12. The van der Waals surface area contributed by atoms with Gasteiger partial charge in [-0.25, -0.2) is 13.6 Å². The van der Waals surface area contributed by atoms with E-state index in [1.54, 1.807) is 6.92 Å². The van der Waals surface area contributed by atoms with Gasteiger partial charge in [0, 0.05) is 10.2 Å². The van der Waals surface area contributed by atoms with Crippen LogP contribution in [0.25, 0.3) is 0 Å². The molecule has 0 radical (unpaired) electrons. The van der Waals surface area contributed by atoms with Crippen LogP contribution in [-0.2, 0) is 14.8 Å². The molecule has 1 aromatic rings. The molecule has 0 spiro atoms. The van der Waals surface area contributed by atoms with E-state index >= 15 is 0 Å². The monoisotopic (exact) mass is 395 g/mol. The fourth-order valence-electron chi connectivity index (χ4n) is 2.46. The largest absolute Gasteiger partial charge is 0.373 e. The van der Waals surface area contributed by atoms with E-state index in [-0.39, 0.29) is 12.0 Å². The van der Waals surface area contributed by atoms with E-state index in [0.717, 1.165) is 12.0 Å². The minimum absolute atomic E-state index is 0.0128. The summed E-state index contributed by atoms with van der Waals surface area (Å²) in [6.45, 7) is 2.34. The Kier molecular flexibility index (Phi) is 4.86. The van der Waals surface area contributed by atoms with Crippen molar-refractivity contribution >= 4 is 32.6 Å². The molecule has 1 heterocycles. The molecule has 1 fully saturated rings. The van der Waals surface area contributed by atoms with Gasteiger partial charge in [-0.3, -0.25) is 0 Å². The van der Waals surface area contributed by atoms with Crippen molar-refractivity contribution in [3.8, 4) is 0 Å². The van der Waals surface area contributed by atoms with Crippen molar-refractivity contribution in [2.24, 2.45) is 11.1 Å². The topological polar surface area (TPSA) is 69.4 Å². The third-order valence-electron chi connectivity index (χ3n) is 3.61. The SMILES string of the molecule is CC(C[C@@H]1CCO[C@@H]1c1ccc(I)cc1)S(N)(=O)=O. The summed E-state index contributed by atoms with van der Waals surface area (Å²) < 4.78 is 29.6. The Morgan fingerprint density at radius 2 is 2.05 bits per heavy atom. The van der Waals surface area contributed by atoms with Gasteiger partial charge in [0.15, 0.2) is 0 Å². The van der Waals surface area contributed by atoms with Crippen LogP contribution in [0.1, 0.15) is 31.4 Å². The molecular formula is C13H18INO3S. The fraction of sp³-hybridized carbons (Fsp3) is 0.538. The molecule has 2 rings (SSSR count). The highest BCUT2D eigenvalue weighted by molar-refractivity contribution is 14.1. The third kappa shape index (κ3) is 3.90. The maximum atomic E-state index is 11.3. The van der Waals surface area contributed by atoms with Crippen molar-refractivity contribution in [2.45, 2.75) is 31.1 Å². The molecular weight excluding hydrogens is 377 g/mol. The van der Waals surface area contributed by atoms with Crippen LogP contribution in [0.2, 0.25) is 0 Å². The highest BCUT2D eigenvalue weighted by Gasteiger charge is 2.33. The molecule has 1 aliphatic heterocycles. The van der Waals surface area contributed by atoms with Gasteiger partial charge in [-0.05, 0) is 66.0 Å². The Morgan fingerprint density at radius 1 is 1.42 bits per heavy atom. The van der Waals surface area contributed by atoms with Gasteiger partial charge in [-0.15, -0.1) is 0 Å². The highest BCUT2D eigenvalue weighted by atomic mass is 127. The van der Waals surface area contributed by atoms with Gasteiger partial charge in [-0.1, -0.05) is 12.1 Å². The molecule has 1 aromatic carbocycles. The van der Waals surface area contributed by atoms with Crippen LogP contribution in [0.4, 0.5) is 0 Å². The first-order valence-corrected chi connectivity index (χ1v) is 8.95. The van der Waals surface area contributed by atoms with Crippen molar-refractivity contribution in [3.63, 3.8) is 0 Å². The number of sulfonamides is 1. The Morgan fingerprint density at radius 3 is 2.63 bits per heavy atom. The molecule has 1 aliphatic rings. The number of ether oxygens (including phenoxy) is 1. The molecule has 2 N–H and O–H groups in total. The minimum atomic E-state index is -3.46. The zero-order valence-corrected chi connectivity index (χ0v) is 13.7. The number of nitrogens with two attached hydrogens (primary N) is 1. The number of benzene rings is 1. The first kappa shape index (κ1) is 15.2. The Balaban J connectivity index is 2.11. The standard InChI is InChI=1S/C13H18INO3S/c1-9(19(15,16)17)8-11-6-7-18-13(11)10-2-4-12(14)5-3-10/h2-5,9,11,13H,6-8H2,1H3,(H2,15,16,17)/t9?,11-,13+/m0/s1. The average molecular weight is 395 g/mol. The predicted octanol–water partition coefficient (Wildman–Crippen LogP) is 2.44. The van der Waals surface area contributed by atoms with Crippen LogP contribution in [-0.4, -0.2) is 20.3 Å². The van der Waals surface area contributed by atoms with Crippen molar-refractivity contribution in [1.82, 2.24) is 0 Å². The van der Waals surface area contributed by atoms with E-state index < -0.39 is 15.3 Å². The lowest BCUT2D eigenvalue weighted by Gasteiger charge is -2.21. The summed E-state index contributed by atoms with van der Waals surface area (Å²) in [6, 6.07) is 8.17. The van der Waals surface area contributed by atoms with Gasteiger partial charge < -0.3 is 4.74 Å². The maximum Gasteiger partial charge on any atom is 0.211 e. The lowest BCUT2D eigenvalue weighted by Crippen LogP contribution is -2.28. The minimum Gasteiger partial charge on any atom is -0.373 e. The third-order valence-corrected chi connectivity index (χ3v) is 5.64. The molecule has 3 atom stereocenters. The summed E-state index contributed by atoms with van der Waals surface area (Å²) in [5.74, 6) is 0.216. The van der Waals surface area contributed by atoms with Crippen LogP contribution >= 0.6 is 22.6 Å². The Hall–Kier alpha value is -0.180. The van der Waals surface area contributed by atoms with Gasteiger partial charge in [0.2, 0.25) is 10.0 Å². The maximum absolute atomic E-state index is 11.3. The van der Waals surface area contributed by atoms with Gasteiger partial charge >= 0.3 is 0 Å². The zero-order valence-electron chi connectivity index (χ0n) is 10.8. The summed E-state index contributed by atoms with van der Waals surface area (Å²) in [4.78, 5) is 0. The molecule has 1 unspecified atom stereocenters. The van der Waals surface area contributed by atoms with Crippen LogP contribution in [0.15, 0.2) is 24.3 Å². The highest BCUT2D eigenvalue weighted by Crippen LogP contribution is 2.38. The van der Waals surface area contributed by atoms with Crippen LogP contribution in [0.5, 0.6) is 0 Å². The molecule has 0 aromatic heterocycles. The fourth-order valence-corrected chi connectivity index (χ4v) is 3.33. The quantitative estimate of drug-likeness (QED) is 0.797. The first-order valence-electron chi connectivity index (χ1n) is 6.26. The molecule has 4 nitrogen and oxygen atoms in total. The van der Waals surface area contributed by atoms with Gasteiger partial charge in [0.1, 0.15) is 0 Å². The summed E-state index contributed by atoms with van der Waals surface area (Å²) in [6.07, 6.45) is 1.42. The average Bonchev–Trinajstić information content (AvgIpc) is 2.77. The molecule has 19 heavy (non-hydrogen) atoms. The summed E-state index contributed by atoms with van der Waals surface area (Å²) in [7, 11) is -3.46. The van der Waals surface area contributed by atoms with Crippen LogP contribution in [0, 0.1) is 9.49 Å². The molecule has 0 aliphatic carbocycles. The summed E-state index contributed by atoms with van der Waals surface area (Å²) in [5, 5.41) is 4.67. The van der Waals surface area contributed by atoms with Crippen molar-refractivity contribution < 1.29 is 13.2 Å². The normalized spacial score (nSPS) is 25.4. The molecule has 0 bridgehead atoms. The predicted molar refractivity (Wildman–Crippen MR) is 83.1 cm³/mol. The van der Waals surface area contributed by atoms with E-state index in [1.807, 2.05) is 24.3 Å². The second-order valence-electron chi connectivity index (χ2n) is 5.03. The number of halogens is 1. The van der Waals surface area contributed by atoms with E-state index in [0.29, 0.717) is 13.0 Å². The number of rotatable bonds is 4. The lowest BCUT2D eigenvalue weighted by atomic mass is 9.91. The molecule has 1 saturated heterocycles. The lowest BCUT2D eigenvalue weighted by molar-refractivity contribution is 0.0887. The van der Waals surface area contributed by atoms with E-state index in [1.165, 1.54) is 3.57 Å². The Labute approximate surface area is 127 Å². The molecule has 6 heteroatoms. The zero-order chi connectivity index (χ0) is 14.0. The second-order valence-corrected chi connectivity index (χ2v) is 8.26. The van der Waals surface area contributed by atoms with Gasteiger partial charge in [-0.2, -0.15) is 0 Å². The number of hydrogen-bond donors (Lipinski definition) is 1. The number of primary sulfonamides is 1. The van der Waals surface area contributed by atoms with Crippen LogP contribution < -0.4 is 5.14 Å². The van der Waals surface area contributed by atoms with E-state index in [4.69, 9.17) is 9.88 Å². The van der Waals surface area contributed by atoms with Gasteiger partial charge in [0.25, 0.3) is 0 Å². The molecule has 0 saturated carbocycles. The molecule has 106 valence electrons. The smallest absolute Gasteiger partial charge is 0.211 e. The van der Waals surface area contributed by atoms with Crippen molar-refractivity contribution in [1.29, 1.82) is 0 Å². The number of hydrogen-bond acceptors (Lipinski definition) is 3. The molecule has 0 amide bonds.